The first-order chi connectivity index (χ1) is 8.58. The van der Waals surface area contributed by atoms with Crippen molar-refractivity contribution in [2.45, 2.75) is 13.8 Å². The van der Waals surface area contributed by atoms with E-state index < -0.39 is 0 Å². The first-order valence-corrected chi connectivity index (χ1v) is 5.95. The molecule has 0 aliphatic heterocycles. The Hall–Kier alpha value is -1.87. The number of halogens is 1. The average Bonchev–Trinajstić information content (AvgIpc) is 2.28. The van der Waals surface area contributed by atoms with Crippen molar-refractivity contribution in [3.05, 3.63) is 58.2 Å². The molecule has 0 radical (unpaired) electrons. The molecule has 4 heteroatoms. The van der Waals surface area contributed by atoms with Gasteiger partial charge in [0.1, 0.15) is 5.82 Å². The number of aryl methyl sites for hydroxylation is 2. The lowest BCUT2D eigenvalue weighted by Crippen LogP contribution is -2.15. The molecule has 0 unspecified atom stereocenters. The van der Waals surface area contributed by atoms with Crippen LogP contribution in [0.4, 0.5) is 5.82 Å². The summed E-state index contributed by atoms with van der Waals surface area (Å²) in [5, 5.41) is 3.29. The van der Waals surface area contributed by atoms with Crippen LogP contribution in [-0.2, 0) is 0 Å². The number of carbonyl (C=O) groups is 1. The van der Waals surface area contributed by atoms with E-state index in [1.165, 1.54) is 0 Å². The summed E-state index contributed by atoms with van der Waals surface area (Å²) in [5.74, 6) is 0.288. The van der Waals surface area contributed by atoms with Crippen LogP contribution in [0.1, 0.15) is 21.5 Å². The second kappa shape index (κ2) is 5.19. The van der Waals surface area contributed by atoms with E-state index in [2.05, 4.69) is 10.3 Å². The Balaban J connectivity index is 2.28. The summed E-state index contributed by atoms with van der Waals surface area (Å²) in [4.78, 5) is 16.2. The molecule has 0 aliphatic rings. The van der Waals surface area contributed by atoms with Gasteiger partial charge in [0.25, 0.3) is 5.91 Å². The number of pyridine rings is 1. The molecule has 1 heterocycles. The van der Waals surface area contributed by atoms with E-state index in [9.17, 15) is 4.79 Å². The van der Waals surface area contributed by atoms with E-state index in [0.29, 0.717) is 16.4 Å². The second-order valence-corrected chi connectivity index (χ2v) is 4.52. The number of aromatic nitrogens is 1. The first-order valence-electron chi connectivity index (χ1n) is 5.57. The lowest BCUT2D eigenvalue weighted by Gasteiger charge is -2.09. The van der Waals surface area contributed by atoms with Crippen molar-refractivity contribution >= 4 is 23.3 Å². The summed E-state index contributed by atoms with van der Waals surface area (Å²) in [6, 6.07) is 9.03. The fraction of sp³-hybridized carbons (Fsp3) is 0.143. The van der Waals surface area contributed by atoms with Crippen LogP contribution in [0.25, 0.3) is 0 Å². The maximum Gasteiger partial charge on any atom is 0.257 e. The van der Waals surface area contributed by atoms with Crippen LogP contribution in [0.2, 0.25) is 5.02 Å². The summed E-state index contributed by atoms with van der Waals surface area (Å²) in [6.45, 7) is 3.82. The Morgan fingerprint density at radius 3 is 2.50 bits per heavy atom. The molecule has 2 aromatic rings. The lowest BCUT2D eigenvalue weighted by atomic mass is 10.0. The Labute approximate surface area is 111 Å². The molecule has 18 heavy (non-hydrogen) atoms. The number of carbonyl (C=O) groups excluding carboxylic acids is 1. The van der Waals surface area contributed by atoms with Gasteiger partial charge in [0.2, 0.25) is 0 Å². The Kier molecular flexibility index (Phi) is 3.63. The van der Waals surface area contributed by atoms with Gasteiger partial charge in [-0.1, -0.05) is 29.8 Å². The molecular formula is C14H13ClN2O. The Morgan fingerprint density at radius 2 is 1.89 bits per heavy atom. The maximum atomic E-state index is 12.2. The van der Waals surface area contributed by atoms with Crippen molar-refractivity contribution in [1.82, 2.24) is 4.98 Å². The van der Waals surface area contributed by atoms with Crippen LogP contribution in [0.15, 0.2) is 36.5 Å². The molecule has 0 fully saturated rings. The highest BCUT2D eigenvalue weighted by Gasteiger charge is 2.12. The van der Waals surface area contributed by atoms with Gasteiger partial charge >= 0.3 is 0 Å². The van der Waals surface area contributed by atoms with Crippen molar-refractivity contribution in [2.24, 2.45) is 0 Å². The van der Waals surface area contributed by atoms with Crippen molar-refractivity contribution in [3.63, 3.8) is 0 Å². The molecule has 1 N–H and O–H groups in total. The van der Waals surface area contributed by atoms with Crippen molar-refractivity contribution in [3.8, 4) is 0 Å². The standard InChI is InChI=1S/C14H13ClN2O/c1-9-4-3-5-10(2)13(9)14(18)17-12-8-11(15)6-7-16-12/h3-8H,1-2H3,(H,16,17,18). The smallest absolute Gasteiger partial charge is 0.257 e. The van der Waals surface area contributed by atoms with Crippen LogP contribution in [0.3, 0.4) is 0 Å². The van der Waals surface area contributed by atoms with E-state index in [1.54, 1.807) is 18.3 Å². The fourth-order valence-corrected chi connectivity index (χ4v) is 1.98. The molecule has 0 saturated heterocycles. The molecule has 0 atom stereocenters. The largest absolute Gasteiger partial charge is 0.307 e. The number of nitrogens with one attached hydrogen (secondary N) is 1. The van der Waals surface area contributed by atoms with E-state index >= 15 is 0 Å². The van der Waals surface area contributed by atoms with E-state index in [-0.39, 0.29) is 5.91 Å². The molecule has 2 rings (SSSR count). The summed E-state index contributed by atoms with van der Waals surface area (Å²) in [5.41, 5.74) is 2.56. The third-order valence-electron chi connectivity index (χ3n) is 2.67. The van der Waals surface area contributed by atoms with E-state index in [1.807, 2.05) is 32.0 Å². The predicted molar refractivity (Wildman–Crippen MR) is 73.1 cm³/mol. The third-order valence-corrected chi connectivity index (χ3v) is 2.91. The number of nitrogens with zero attached hydrogens (tertiary/aromatic N) is 1. The van der Waals surface area contributed by atoms with Crippen LogP contribution in [-0.4, -0.2) is 10.9 Å². The minimum atomic E-state index is -0.166. The first kappa shape index (κ1) is 12.6. The zero-order valence-corrected chi connectivity index (χ0v) is 11.0. The molecule has 92 valence electrons. The van der Waals surface area contributed by atoms with Gasteiger partial charge in [-0.15, -0.1) is 0 Å². The molecular weight excluding hydrogens is 248 g/mol. The molecule has 0 saturated carbocycles. The molecule has 0 aliphatic carbocycles. The zero-order valence-electron chi connectivity index (χ0n) is 10.2. The van der Waals surface area contributed by atoms with Crippen LogP contribution in [0, 0.1) is 13.8 Å². The molecule has 3 nitrogen and oxygen atoms in total. The van der Waals surface area contributed by atoms with Gasteiger partial charge in [-0.3, -0.25) is 4.79 Å². The monoisotopic (exact) mass is 260 g/mol. The number of rotatable bonds is 2. The molecule has 0 spiro atoms. The van der Waals surface area contributed by atoms with Gasteiger partial charge in [0.15, 0.2) is 0 Å². The minimum absolute atomic E-state index is 0.166. The van der Waals surface area contributed by atoms with Crippen LogP contribution < -0.4 is 5.32 Å². The Morgan fingerprint density at radius 1 is 1.22 bits per heavy atom. The van der Waals surface area contributed by atoms with E-state index in [4.69, 9.17) is 11.6 Å². The second-order valence-electron chi connectivity index (χ2n) is 4.08. The molecule has 1 aromatic carbocycles. The summed E-state index contributed by atoms with van der Waals surface area (Å²) in [6.07, 6.45) is 1.56. The summed E-state index contributed by atoms with van der Waals surface area (Å²) < 4.78 is 0. The normalized spacial score (nSPS) is 10.2. The fourth-order valence-electron chi connectivity index (χ4n) is 1.82. The van der Waals surface area contributed by atoms with Gasteiger partial charge in [-0.05, 0) is 37.1 Å². The van der Waals surface area contributed by atoms with Crippen molar-refractivity contribution < 1.29 is 4.79 Å². The quantitative estimate of drug-likeness (QED) is 0.896. The van der Waals surface area contributed by atoms with E-state index in [0.717, 1.165) is 11.1 Å². The van der Waals surface area contributed by atoms with Gasteiger partial charge < -0.3 is 5.32 Å². The molecule has 0 bridgehead atoms. The maximum absolute atomic E-state index is 12.2. The highest BCUT2D eigenvalue weighted by Crippen LogP contribution is 2.17. The highest BCUT2D eigenvalue weighted by atomic mass is 35.5. The topological polar surface area (TPSA) is 42.0 Å². The molecule has 1 amide bonds. The minimum Gasteiger partial charge on any atom is -0.307 e. The number of anilines is 1. The van der Waals surface area contributed by atoms with Gasteiger partial charge in [-0.25, -0.2) is 4.98 Å². The van der Waals surface area contributed by atoms with Crippen molar-refractivity contribution in [1.29, 1.82) is 0 Å². The van der Waals surface area contributed by atoms with Crippen LogP contribution >= 0.6 is 11.6 Å². The predicted octanol–water partition coefficient (Wildman–Crippen LogP) is 3.60. The summed E-state index contributed by atoms with van der Waals surface area (Å²) in [7, 11) is 0. The number of benzene rings is 1. The van der Waals surface area contributed by atoms with Gasteiger partial charge in [-0.2, -0.15) is 0 Å². The van der Waals surface area contributed by atoms with Gasteiger partial charge in [0.05, 0.1) is 0 Å². The van der Waals surface area contributed by atoms with Crippen LogP contribution in [0.5, 0.6) is 0 Å². The third kappa shape index (κ3) is 2.68. The average molecular weight is 261 g/mol. The zero-order chi connectivity index (χ0) is 13.1. The SMILES string of the molecule is Cc1cccc(C)c1C(=O)Nc1cc(Cl)ccn1. The Bertz CT molecular complexity index is 576. The highest BCUT2D eigenvalue weighted by molar-refractivity contribution is 6.30. The van der Waals surface area contributed by atoms with Crippen molar-refractivity contribution in [2.75, 3.05) is 5.32 Å². The molecule has 1 aromatic heterocycles. The lowest BCUT2D eigenvalue weighted by molar-refractivity contribution is 0.102. The number of hydrogen-bond donors (Lipinski definition) is 1. The van der Waals surface area contributed by atoms with Gasteiger partial charge in [0, 0.05) is 16.8 Å². The summed E-state index contributed by atoms with van der Waals surface area (Å²) >= 11 is 5.85. The number of hydrogen-bond acceptors (Lipinski definition) is 2. The number of amides is 1.